The highest BCUT2D eigenvalue weighted by molar-refractivity contribution is 7.26. The average Bonchev–Trinajstić information content (AvgIpc) is 3.61. The summed E-state index contributed by atoms with van der Waals surface area (Å²) in [5, 5.41) is 7.57. The van der Waals surface area contributed by atoms with Crippen molar-refractivity contribution in [1.29, 1.82) is 0 Å². The van der Waals surface area contributed by atoms with Gasteiger partial charge in [-0.25, -0.2) is 0 Å². The van der Waals surface area contributed by atoms with Crippen molar-refractivity contribution in [3.63, 3.8) is 0 Å². The molecule has 0 atom stereocenters. The second kappa shape index (κ2) is 12.7. The van der Waals surface area contributed by atoms with Gasteiger partial charge < -0.3 is 4.90 Å². The van der Waals surface area contributed by atoms with E-state index in [1.165, 1.54) is 80.8 Å². The van der Waals surface area contributed by atoms with Crippen LogP contribution in [-0.2, 0) is 0 Å². The molecule has 2 heteroatoms. The van der Waals surface area contributed by atoms with Gasteiger partial charge in [-0.3, -0.25) is 0 Å². The molecule has 0 fully saturated rings. The molecule has 0 aliphatic rings. The van der Waals surface area contributed by atoms with Crippen molar-refractivity contribution in [3.05, 3.63) is 200 Å². The fraction of sp³-hybridized carbons (Fsp3) is 0. The van der Waals surface area contributed by atoms with Gasteiger partial charge in [0, 0.05) is 26.7 Å². The highest BCUT2D eigenvalue weighted by Crippen LogP contribution is 2.48. The Balaban J connectivity index is 1.21. The van der Waals surface area contributed by atoms with E-state index in [0.29, 0.717) is 0 Å². The predicted octanol–water partition coefficient (Wildman–Crippen LogP) is 14.8. The van der Waals surface area contributed by atoms with Crippen LogP contribution in [0.3, 0.4) is 0 Å². The lowest BCUT2D eigenvalue weighted by molar-refractivity contribution is 1.30. The van der Waals surface area contributed by atoms with Crippen molar-refractivity contribution in [2.24, 2.45) is 0 Å². The highest BCUT2D eigenvalue weighted by Gasteiger charge is 2.22. The molecule has 52 heavy (non-hydrogen) atoms. The average molecular weight is 680 g/mol. The Morgan fingerprint density at radius 2 is 0.885 bits per heavy atom. The number of hydrogen-bond donors (Lipinski definition) is 0. The smallest absolute Gasteiger partial charge is 0.0640 e. The molecular formula is C50H33NS. The van der Waals surface area contributed by atoms with Crippen LogP contribution >= 0.6 is 11.3 Å². The molecule has 10 aromatic rings. The first kappa shape index (κ1) is 30.4. The zero-order valence-electron chi connectivity index (χ0n) is 28.4. The van der Waals surface area contributed by atoms with Crippen molar-refractivity contribution in [2.75, 3.05) is 4.90 Å². The van der Waals surface area contributed by atoms with E-state index in [2.05, 4.69) is 205 Å². The van der Waals surface area contributed by atoms with Crippen LogP contribution in [0.2, 0.25) is 0 Å². The summed E-state index contributed by atoms with van der Waals surface area (Å²) in [5.74, 6) is 0. The predicted molar refractivity (Wildman–Crippen MR) is 225 cm³/mol. The molecule has 0 unspecified atom stereocenters. The number of rotatable bonds is 6. The first-order chi connectivity index (χ1) is 25.8. The fourth-order valence-corrected chi connectivity index (χ4v) is 8.82. The zero-order chi connectivity index (χ0) is 34.4. The number of thiophene rings is 1. The molecule has 0 bridgehead atoms. The third kappa shape index (κ3) is 5.33. The normalized spacial score (nSPS) is 11.5. The summed E-state index contributed by atoms with van der Waals surface area (Å²) >= 11 is 1.87. The Bertz CT molecular complexity index is 2900. The van der Waals surface area contributed by atoms with Crippen LogP contribution in [0.4, 0.5) is 17.1 Å². The fourth-order valence-electron chi connectivity index (χ4n) is 7.62. The molecule has 0 saturated heterocycles. The molecule has 0 amide bonds. The van der Waals surface area contributed by atoms with Gasteiger partial charge >= 0.3 is 0 Å². The molecule has 0 saturated carbocycles. The topological polar surface area (TPSA) is 3.24 Å². The molecular weight excluding hydrogens is 647 g/mol. The van der Waals surface area contributed by atoms with Crippen molar-refractivity contribution in [2.45, 2.75) is 0 Å². The van der Waals surface area contributed by atoms with Gasteiger partial charge in [-0.1, -0.05) is 158 Å². The Kier molecular flexibility index (Phi) is 7.41. The summed E-state index contributed by atoms with van der Waals surface area (Å²) in [6, 6.07) is 73.1. The summed E-state index contributed by atoms with van der Waals surface area (Å²) in [6.07, 6.45) is 0. The van der Waals surface area contributed by atoms with E-state index in [-0.39, 0.29) is 0 Å². The van der Waals surface area contributed by atoms with Crippen molar-refractivity contribution in [3.8, 4) is 33.4 Å². The van der Waals surface area contributed by atoms with Crippen molar-refractivity contribution >= 4 is 70.1 Å². The number of fused-ring (bicyclic) bond motifs is 5. The van der Waals surface area contributed by atoms with Gasteiger partial charge in [-0.2, -0.15) is 0 Å². The van der Waals surface area contributed by atoms with Crippen molar-refractivity contribution in [1.82, 2.24) is 0 Å². The zero-order valence-corrected chi connectivity index (χ0v) is 29.2. The summed E-state index contributed by atoms with van der Waals surface area (Å²) in [5.41, 5.74) is 10.6. The lowest BCUT2D eigenvalue weighted by atomic mass is 9.95. The van der Waals surface area contributed by atoms with Crippen LogP contribution in [0.25, 0.3) is 75.1 Å². The summed E-state index contributed by atoms with van der Waals surface area (Å²) < 4.78 is 2.57. The molecule has 0 aliphatic heterocycles. The third-order valence-corrected chi connectivity index (χ3v) is 11.4. The van der Waals surface area contributed by atoms with E-state index >= 15 is 0 Å². The van der Waals surface area contributed by atoms with E-state index < -0.39 is 0 Å². The Morgan fingerprint density at radius 3 is 1.62 bits per heavy atom. The monoisotopic (exact) mass is 679 g/mol. The van der Waals surface area contributed by atoms with E-state index in [0.717, 1.165) is 11.4 Å². The number of anilines is 3. The first-order valence-electron chi connectivity index (χ1n) is 17.8. The summed E-state index contributed by atoms with van der Waals surface area (Å²) in [6.45, 7) is 0. The highest BCUT2D eigenvalue weighted by atomic mass is 32.1. The Hall–Kier alpha value is -6.48. The van der Waals surface area contributed by atoms with E-state index in [9.17, 15) is 0 Å². The third-order valence-electron chi connectivity index (χ3n) is 10.2. The van der Waals surface area contributed by atoms with E-state index in [1.807, 2.05) is 11.3 Å². The van der Waals surface area contributed by atoms with Gasteiger partial charge in [0.1, 0.15) is 0 Å². The van der Waals surface area contributed by atoms with E-state index in [1.54, 1.807) is 0 Å². The maximum absolute atomic E-state index is 2.48. The molecule has 0 N–H and O–H groups in total. The minimum atomic E-state index is 1.11. The number of nitrogens with zero attached hydrogens (tertiary/aromatic N) is 1. The van der Waals surface area contributed by atoms with Crippen LogP contribution in [-0.4, -0.2) is 0 Å². The van der Waals surface area contributed by atoms with Gasteiger partial charge in [0.25, 0.3) is 0 Å². The molecule has 1 heterocycles. The summed E-state index contributed by atoms with van der Waals surface area (Å²) in [4.78, 5) is 2.48. The minimum absolute atomic E-state index is 1.11. The first-order valence-corrected chi connectivity index (χ1v) is 18.6. The van der Waals surface area contributed by atoms with Gasteiger partial charge in [0.15, 0.2) is 0 Å². The lowest BCUT2D eigenvalue weighted by Crippen LogP contribution is -2.11. The maximum atomic E-state index is 2.48. The van der Waals surface area contributed by atoms with Gasteiger partial charge in [0.2, 0.25) is 0 Å². The molecule has 244 valence electrons. The SMILES string of the molecule is c1ccc(-c2ccc(-c3ccc4ccccc4c3)cc2N(c2ccc(-c3ccc4ccccc4c3)cc2)c2cccc3c2sc2ccccc23)cc1. The number of hydrogen-bond acceptors (Lipinski definition) is 2. The van der Waals surface area contributed by atoms with Crippen LogP contribution in [0, 0.1) is 0 Å². The molecule has 0 aliphatic carbocycles. The van der Waals surface area contributed by atoms with Gasteiger partial charge in [-0.05, 0) is 91.8 Å². The minimum Gasteiger partial charge on any atom is -0.308 e. The Morgan fingerprint density at radius 1 is 0.327 bits per heavy atom. The molecule has 1 nitrogen and oxygen atoms in total. The van der Waals surface area contributed by atoms with Gasteiger partial charge in [0.05, 0.1) is 16.1 Å². The standard InChI is InChI=1S/C50H33NS/c1-2-13-37(14-3-1)44-30-27-42(41-24-22-35-12-5-7-16-39(35)32-41)33-48(44)51(47-19-10-18-46-45-17-8-9-20-49(45)52-50(46)47)43-28-25-36(26-29-43)40-23-21-34-11-4-6-15-38(34)31-40/h1-33H. The second-order valence-corrected chi connectivity index (χ2v) is 14.4. The Labute approximate surface area is 307 Å². The van der Waals surface area contributed by atoms with Crippen LogP contribution in [0.5, 0.6) is 0 Å². The largest absolute Gasteiger partial charge is 0.308 e. The summed E-state index contributed by atoms with van der Waals surface area (Å²) in [7, 11) is 0. The van der Waals surface area contributed by atoms with Crippen LogP contribution < -0.4 is 4.90 Å². The molecule has 1 aromatic heterocycles. The number of benzene rings is 9. The van der Waals surface area contributed by atoms with Gasteiger partial charge in [-0.15, -0.1) is 11.3 Å². The second-order valence-electron chi connectivity index (χ2n) is 13.4. The van der Waals surface area contributed by atoms with E-state index in [4.69, 9.17) is 0 Å². The maximum Gasteiger partial charge on any atom is 0.0640 e. The molecule has 10 rings (SSSR count). The quantitative estimate of drug-likeness (QED) is 0.169. The molecule has 0 radical (unpaired) electrons. The molecule has 0 spiro atoms. The van der Waals surface area contributed by atoms with Crippen molar-refractivity contribution < 1.29 is 0 Å². The molecule has 9 aromatic carbocycles. The van der Waals surface area contributed by atoms with Crippen LogP contribution in [0.15, 0.2) is 200 Å². The lowest BCUT2D eigenvalue weighted by Gasteiger charge is -2.29. The van der Waals surface area contributed by atoms with Crippen LogP contribution in [0.1, 0.15) is 0 Å².